The van der Waals surface area contributed by atoms with Gasteiger partial charge in [-0.2, -0.15) is 0 Å². The lowest BCUT2D eigenvalue weighted by Gasteiger charge is -2.09. The van der Waals surface area contributed by atoms with Gasteiger partial charge in [-0.3, -0.25) is 0 Å². The Morgan fingerprint density at radius 2 is 0.867 bits per heavy atom. The number of hydrogen-bond acceptors (Lipinski definition) is 3. The van der Waals surface area contributed by atoms with Crippen LogP contribution in [0.5, 0.6) is 0 Å². The number of benzene rings is 7. The molecule has 7 aromatic carbocycles. The van der Waals surface area contributed by atoms with Crippen LogP contribution >= 0.6 is 11.3 Å². The van der Waals surface area contributed by atoms with Crippen molar-refractivity contribution in [3.8, 4) is 33.4 Å². The van der Waals surface area contributed by atoms with E-state index in [1.807, 2.05) is 23.5 Å². The predicted molar refractivity (Wildman–Crippen MR) is 190 cm³/mol. The van der Waals surface area contributed by atoms with Crippen LogP contribution in [-0.4, -0.2) is 0 Å². The quantitative estimate of drug-likeness (QED) is 0.204. The van der Waals surface area contributed by atoms with Gasteiger partial charge in [0, 0.05) is 41.7 Å². The highest BCUT2D eigenvalue weighted by molar-refractivity contribution is 7.25. The molecule has 0 aliphatic rings. The van der Waals surface area contributed by atoms with E-state index in [0.717, 1.165) is 66.1 Å². The molecule has 0 atom stereocenters. The van der Waals surface area contributed by atoms with Gasteiger partial charge in [-0.15, -0.1) is 11.3 Å². The molecule has 0 saturated carbocycles. The Hall–Kier alpha value is -5.64. The SMILES string of the molecule is c1ccc2c(c1)oc1cccc(-c3cccc4oc5cccc(-c6ccc(-c7ccc8c(c7)sc7ccccc78)cc6)c5c34)c12. The van der Waals surface area contributed by atoms with E-state index in [-0.39, 0.29) is 0 Å². The minimum atomic E-state index is 0.882. The van der Waals surface area contributed by atoms with Gasteiger partial charge in [-0.1, -0.05) is 109 Å². The Balaban J connectivity index is 1.14. The molecule has 0 radical (unpaired) electrons. The first-order valence-electron chi connectivity index (χ1n) is 15.2. The molecule has 0 aliphatic heterocycles. The maximum atomic E-state index is 6.49. The Labute approximate surface area is 262 Å². The summed E-state index contributed by atoms with van der Waals surface area (Å²) in [6.45, 7) is 0. The Morgan fingerprint density at radius 3 is 1.67 bits per heavy atom. The van der Waals surface area contributed by atoms with Gasteiger partial charge in [-0.25, -0.2) is 0 Å². The second-order valence-electron chi connectivity index (χ2n) is 11.6. The summed E-state index contributed by atoms with van der Waals surface area (Å²) < 4.78 is 15.4. The normalized spacial score (nSPS) is 12.0. The zero-order valence-corrected chi connectivity index (χ0v) is 24.9. The molecule has 10 rings (SSSR count). The van der Waals surface area contributed by atoms with Gasteiger partial charge in [0.15, 0.2) is 0 Å². The van der Waals surface area contributed by atoms with Crippen LogP contribution < -0.4 is 0 Å². The van der Waals surface area contributed by atoms with Gasteiger partial charge in [0.1, 0.15) is 22.3 Å². The fourth-order valence-electron chi connectivity index (χ4n) is 7.08. The Kier molecular flexibility index (Phi) is 5.19. The van der Waals surface area contributed by atoms with E-state index >= 15 is 0 Å². The number of rotatable bonds is 3. The number of hydrogen-bond donors (Lipinski definition) is 0. The zero-order chi connectivity index (χ0) is 29.5. The van der Waals surface area contributed by atoms with E-state index in [1.54, 1.807) is 0 Å². The average molecular weight is 593 g/mol. The highest BCUT2D eigenvalue weighted by Gasteiger charge is 2.19. The summed E-state index contributed by atoms with van der Waals surface area (Å²) in [5.74, 6) is 0. The molecule has 0 spiro atoms. The Morgan fingerprint density at radius 1 is 0.333 bits per heavy atom. The first-order valence-corrected chi connectivity index (χ1v) is 16.0. The number of thiophene rings is 1. The molecular weight excluding hydrogens is 569 g/mol. The molecule has 3 heteroatoms. The molecular formula is C42H24O2S. The van der Waals surface area contributed by atoms with Crippen molar-refractivity contribution in [2.45, 2.75) is 0 Å². The second kappa shape index (κ2) is 9.43. The molecule has 3 aromatic heterocycles. The van der Waals surface area contributed by atoms with Crippen LogP contribution in [0.3, 0.4) is 0 Å². The van der Waals surface area contributed by atoms with Gasteiger partial charge < -0.3 is 8.83 Å². The topological polar surface area (TPSA) is 26.3 Å². The van der Waals surface area contributed by atoms with Gasteiger partial charge in [-0.05, 0) is 69.8 Å². The summed E-state index contributed by atoms with van der Waals surface area (Å²) in [6.07, 6.45) is 0. The lowest BCUT2D eigenvalue weighted by molar-refractivity contribution is 0.668. The third-order valence-corrected chi connectivity index (χ3v) is 10.3. The van der Waals surface area contributed by atoms with E-state index in [0.29, 0.717) is 0 Å². The molecule has 2 nitrogen and oxygen atoms in total. The molecule has 3 heterocycles. The molecule has 0 unspecified atom stereocenters. The van der Waals surface area contributed by atoms with Gasteiger partial charge in [0.05, 0.1) is 0 Å². The predicted octanol–water partition coefficient (Wildman–Crippen LogP) is 12.9. The van der Waals surface area contributed by atoms with E-state index in [2.05, 4.69) is 133 Å². The van der Waals surface area contributed by atoms with Crippen molar-refractivity contribution in [3.05, 3.63) is 146 Å². The summed E-state index contributed by atoms with van der Waals surface area (Å²) in [5.41, 5.74) is 10.6. The molecule has 45 heavy (non-hydrogen) atoms. The summed E-state index contributed by atoms with van der Waals surface area (Å²) in [6, 6.07) is 51.8. The molecule has 0 aliphatic carbocycles. The molecule has 0 amide bonds. The lowest BCUT2D eigenvalue weighted by atomic mass is 9.92. The van der Waals surface area contributed by atoms with Crippen LogP contribution in [-0.2, 0) is 0 Å². The smallest absolute Gasteiger partial charge is 0.136 e. The van der Waals surface area contributed by atoms with E-state index in [4.69, 9.17) is 8.83 Å². The van der Waals surface area contributed by atoms with Crippen molar-refractivity contribution in [3.63, 3.8) is 0 Å². The summed E-state index contributed by atoms with van der Waals surface area (Å²) in [5, 5.41) is 7.17. The van der Waals surface area contributed by atoms with Crippen LogP contribution in [0.25, 0.3) is 97.4 Å². The number of para-hydroxylation sites is 1. The van der Waals surface area contributed by atoms with E-state index in [1.165, 1.54) is 31.3 Å². The van der Waals surface area contributed by atoms with Crippen molar-refractivity contribution < 1.29 is 8.83 Å². The zero-order valence-electron chi connectivity index (χ0n) is 24.1. The van der Waals surface area contributed by atoms with Crippen LogP contribution in [0.2, 0.25) is 0 Å². The molecule has 0 fully saturated rings. The largest absolute Gasteiger partial charge is 0.456 e. The van der Waals surface area contributed by atoms with Crippen molar-refractivity contribution in [1.29, 1.82) is 0 Å². The van der Waals surface area contributed by atoms with Crippen molar-refractivity contribution in [1.82, 2.24) is 0 Å². The first kappa shape index (κ1) is 24.8. The molecule has 0 N–H and O–H groups in total. The minimum Gasteiger partial charge on any atom is -0.456 e. The highest BCUT2D eigenvalue weighted by Crippen LogP contribution is 2.45. The van der Waals surface area contributed by atoms with Crippen LogP contribution in [0.15, 0.2) is 154 Å². The van der Waals surface area contributed by atoms with E-state index < -0.39 is 0 Å². The number of furan rings is 2. The maximum Gasteiger partial charge on any atom is 0.136 e. The van der Waals surface area contributed by atoms with E-state index in [9.17, 15) is 0 Å². The third-order valence-electron chi connectivity index (χ3n) is 9.12. The highest BCUT2D eigenvalue weighted by atomic mass is 32.1. The first-order chi connectivity index (χ1) is 22.3. The molecule has 0 saturated heterocycles. The fourth-order valence-corrected chi connectivity index (χ4v) is 8.22. The van der Waals surface area contributed by atoms with Crippen LogP contribution in [0.4, 0.5) is 0 Å². The van der Waals surface area contributed by atoms with Gasteiger partial charge in [0.2, 0.25) is 0 Å². The van der Waals surface area contributed by atoms with Gasteiger partial charge in [0.25, 0.3) is 0 Å². The minimum absolute atomic E-state index is 0.882. The lowest BCUT2D eigenvalue weighted by Crippen LogP contribution is -1.84. The summed E-state index contributed by atoms with van der Waals surface area (Å²) in [4.78, 5) is 0. The van der Waals surface area contributed by atoms with Crippen LogP contribution in [0.1, 0.15) is 0 Å². The van der Waals surface area contributed by atoms with Crippen molar-refractivity contribution in [2.24, 2.45) is 0 Å². The number of fused-ring (bicyclic) bond motifs is 9. The molecule has 210 valence electrons. The van der Waals surface area contributed by atoms with Gasteiger partial charge >= 0.3 is 0 Å². The maximum absolute atomic E-state index is 6.49. The summed E-state index contributed by atoms with van der Waals surface area (Å²) in [7, 11) is 0. The summed E-state index contributed by atoms with van der Waals surface area (Å²) >= 11 is 1.86. The molecule has 0 bridgehead atoms. The third kappa shape index (κ3) is 3.68. The second-order valence-corrected chi connectivity index (χ2v) is 12.7. The fraction of sp³-hybridized carbons (Fsp3) is 0. The van der Waals surface area contributed by atoms with Crippen LogP contribution in [0, 0.1) is 0 Å². The molecule has 10 aromatic rings. The standard InChI is InChI=1S/C42H24O2S/c1-3-13-34-33(9-1)40-31(11-6-14-35(40)43-34)32-12-7-16-37-42(32)41-28(10-5-15-36(41)44-37)26-20-18-25(19-21-26)27-22-23-30-29-8-2-4-17-38(29)45-39(30)24-27/h1-24H. The Bertz CT molecular complexity index is 2760. The van der Waals surface area contributed by atoms with Crippen molar-refractivity contribution >= 4 is 75.4 Å². The monoisotopic (exact) mass is 592 g/mol. The van der Waals surface area contributed by atoms with Crippen molar-refractivity contribution in [2.75, 3.05) is 0 Å². The average Bonchev–Trinajstić information content (AvgIpc) is 3.79.